The molecule has 0 aromatic carbocycles. The van der Waals surface area contributed by atoms with Crippen molar-refractivity contribution in [1.82, 2.24) is 0 Å². The van der Waals surface area contributed by atoms with Gasteiger partial charge >= 0.3 is 0 Å². The van der Waals surface area contributed by atoms with Crippen LogP contribution < -0.4 is 22.9 Å². The standard InChI is InChI=1S/C6H16N4/c1-3-4(2)6(9,10)5(7)8/h3-5H,1,7-10H2,2H3/t4-/m0/s1. The molecule has 0 aliphatic rings. The van der Waals surface area contributed by atoms with Crippen molar-refractivity contribution in [1.29, 1.82) is 0 Å². The van der Waals surface area contributed by atoms with Crippen LogP contribution in [-0.4, -0.2) is 11.8 Å². The van der Waals surface area contributed by atoms with Crippen LogP contribution in [0.1, 0.15) is 6.92 Å². The van der Waals surface area contributed by atoms with Gasteiger partial charge in [0, 0.05) is 5.92 Å². The summed E-state index contributed by atoms with van der Waals surface area (Å²) in [5, 5.41) is 0. The fraction of sp³-hybridized carbons (Fsp3) is 0.667. The number of hydrogen-bond donors (Lipinski definition) is 4. The minimum Gasteiger partial charge on any atom is -0.313 e. The Kier molecular flexibility index (Phi) is 2.98. The highest BCUT2D eigenvalue weighted by Crippen LogP contribution is 2.09. The van der Waals surface area contributed by atoms with Gasteiger partial charge in [-0.15, -0.1) is 6.58 Å². The van der Waals surface area contributed by atoms with Gasteiger partial charge in [0.1, 0.15) is 0 Å². The second-order valence-electron chi connectivity index (χ2n) is 2.55. The van der Waals surface area contributed by atoms with Gasteiger partial charge in [-0.05, 0) is 0 Å². The molecule has 0 spiro atoms. The third kappa shape index (κ3) is 1.78. The van der Waals surface area contributed by atoms with Crippen molar-refractivity contribution in [2.75, 3.05) is 0 Å². The van der Waals surface area contributed by atoms with Crippen LogP contribution in [0.15, 0.2) is 12.7 Å². The molecule has 4 nitrogen and oxygen atoms in total. The van der Waals surface area contributed by atoms with Crippen LogP contribution >= 0.6 is 0 Å². The fourth-order valence-electron chi connectivity index (χ4n) is 0.508. The Hall–Kier alpha value is -0.420. The smallest absolute Gasteiger partial charge is 0.0987 e. The molecule has 0 bridgehead atoms. The molecule has 0 amide bonds. The molecule has 8 N–H and O–H groups in total. The van der Waals surface area contributed by atoms with Gasteiger partial charge < -0.3 is 22.9 Å². The Bertz CT molecular complexity index is 119. The molecule has 0 heterocycles. The summed E-state index contributed by atoms with van der Waals surface area (Å²) in [6.45, 7) is 5.36. The maximum atomic E-state index is 5.57. The van der Waals surface area contributed by atoms with Crippen LogP contribution in [0.2, 0.25) is 0 Å². The van der Waals surface area contributed by atoms with E-state index in [4.69, 9.17) is 22.9 Å². The summed E-state index contributed by atoms with van der Waals surface area (Å²) < 4.78 is 0. The lowest BCUT2D eigenvalue weighted by atomic mass is 9.94. The highest BCUT2D eigenvalue weighted by Gasteiger charge is 2.29. The van der Waals surface area contributed by atoms with E-state index in [1.807, 2.05) is 6.92 Å². The first-order valence-corrected chi connectivity index (χ1v) is 3.14. The summed E-state index contributed by atoms with van der Waals surface area (Å²) in [5.74, 6) is -0.0903. The fourth-order valence-corrected chi connectivity index (χ4v) is 0.508. The lowest BCUT2D eigenvalue weighted by Crippen LogP contribution is -2.69. The highest BCUT2D eigenvalue weighted by molar-refractivity contribution is 4.97. The van der Waals surface area contributed by atoms with Gasteiger partial charge in [0.25, 0.3) is 0 Å². The zero-order valence-corrected chi connectivity index (χ0v) is 6.25. The predicted molar refractivity (Wildman–Crippen MR) is 42.6 cm³/mol. The highest BCUT2D eigenvalue weighted by atomic mass is 15.1. The Balaban J connectivity index is 4.22. The molecule has 60 valence electrons. The average Bonchev–Trinajstić information content (AvgIpc) is 1.86. The molecular formula is C6H16N4. The maximum Gasteiger partial charge on any atom is 0.0987 e. The Morgan fingerprint density at radius 1 is 1.40 bits per heavy atom. The van der Waals surface area contributed by atoms with E-state index >= 15 is 0 Å². The van der Waals surface area contributed by atoms with Crippen LogP contribution in [0.4, 0.5) is 0 Å². The first-order chi connectivity index (χ1) is 4.42. The van der Waals surface area contributed by atoms with Crippen molar-refractivity contribution in [2.45, 2.75) is 18.8 Å². The average molecular weight is 144 g/mol. The molecule has 0 aliphatic carbocycles. The summed E-state index contributed by atoms with van der Waals surface area (Å²) in [6.07, 6.45) is 0.910. The van der Waals surface area contributed by atoms with Crippen molar-refractivity contribution in [3.8, 4) is 0 Å². The topological polar surface area (TPSA) is 104 Å². The van der Waals surface area contributed by atoms with Crippen LogP contribution in [0, 0.1) is 5.92 Å². The molecule has 0 radical (unpaired) electrons. The van der Waals surface area contributed by atoms with Crippen molar-refractivity contribution < 1.29 is 0 Å². The molecule has 0 aliphatic heterocycles. The van der Waals surface area contributed by atoms with Crippen LogP contribution in [0.3, 0.4) is 0 Å². The molecule has 4 heteroatoms. The first kappa shape index (κ1) is 9.58. The Morgan fingerprint density at radius 2 is 1.80 bits per heavy atom. The van der Waals surface area contributed by atoms with Crippen molar-refractivity contribution in [3.63, 3.8) is 0 Å². The van der Waals surface area contributed by atoms with Crippen molar-refractivity contribution in [2.24, 2.45) is 28.9 Å². The summed E-state index contributed by atoms with van der Waals surface area (Å²) in [5.41, 5.74) is 20.7. The molecule has 0 rings (SSSR count). The van der Waals surface area contributed by atoms with Gasteiger partial charge in [-0.1, -0.05) is 13.0 Å². The lowest BCUT2D eigenvalue weighted by Gasteiger charge is -2.32. The summed E-state index contributed by atoms with van der Waals surface area (Å²) in [6, 6.07) is 0. The minimum absolute atomic E-state index is 0.0903. The largest absolute Gasteiger partial charge is 0.313 e. The van der Waals surface area contributed by atoms with Crippen LogP contribution in [-0.2, 0) is 0 Å². The second-order valence-corrected chi connectivity index (χ2v) is 2.55. The molecule has 0 saturated carbocycles. The predicted octanol–water partition coefficient (Wildman–Crippen LogP) is -1.33. The molecule has 0 saturated heterocycles. The number of rotatable bonds is 3. The van der Waals surface area contributed by atoms with Gasteiger partial charge in [0.2, 0.25) is 0 Å². The summed E-state index contributed by atoms with van der Waals surface area (Å²) in [4.78, 5) is 0. The van der Waals surface area contributed by atoms with E-state index in [9.17, 15) is 0 Å². The SMILES string of the molecule is C=C[C@H](C)C(N)(N)C(N)N. The van der Waals surface area contributed by atoms with Gasteiger partial charge in [0.15, 0.2) is 0 Å². The monoisotopic (exact) mass is 144 g/mol. The normalized spacial score (nSPS) is 15.4. The van der Waals surface area contributed by atoms with Gasteiger partial charge in [-0.25, -0.2) is 0 Å². The van der Waals surface area contributed by atoms with E-state index in [1.165, 1.54) is 0 Å². The quantitative estimate of drug-likeness (QED) is 0.291. The molecule has 1 atom stereocenters. The Labute approximate surface area is 61.2 Å². The summed E-state index contributed by atoms with van der Waals surface area (Å²) in [7, 11) is 0. The zero-order valence-electron chi connectivity index (χ0n) is 6.25. The van der Waals surface area contributed by atoms with E-state index < -0.39 is 11.8 Å². The van der Waals surface area contributed by atoms with E-state index in [-0.39, 0.29) is 5.92 Å². The molecule has 0 unspecified atom stereocenters. The molecule has 10 heavy (non-hydrogen) atoms. The van der Waals surface area contributed by atoms with E-state index in [2.05, 4.69) is 6.58 Å². The van der Waals surface area contributed by atoms with Crippen molar-refractivity contribution in [3.05, 3.63) is 12.7 Å². The summed E-state index contributed by atoms with van der Waals surface area (Å²) >= 11 is 0. The first-order valence-electron chi connectivity index (χ1n) is 3.14. The van der Waals surface area contributed by atoms with Crippen molar-refractivity contribution >= 4 is 0 Å². The second kappa shape index (κ2) is 3.12. The van der Waals surface area contributed by atoms with E-state index in [0.29, 0.717) is 0 Å². The Morgan fingerprint density at radius 3 is 1.90 bits per heavy atom. The minimum atomic E-state index is -1.05. The molecule has 0 aromatic heterocycles. The number of nitrogens with two attached hydrogens (primary N) is 4. The molecule has 0 aromatic rings. The number of hydrogen-bond acceptors (Lipinski definition) is 4. The third-order valence-corrected chi connectivity index (χ3v) is 1.72. The van der Waals surface area contributed by atoms with Crippen LogP contribution in [0.5, 0.6) is 0 Å². The third-order valence-electron chi connectivity index (χ3n) is 1.72. The van der Waals surface area contributed by atoms with Gasteiger partial charge in [0.05, 0.1) is 11.8 Å². The lowest BCUT2D eigenvalue weighted by molar-refractivity contribution is 0.289. The van der Waals surface area contributed by atoms with Gasteiger partial charge in [-0.2, -0.15) is 0 Å². The van der Waals surface area contributed by atoms with E-state index in [0.717, 1.165) is 0 Å². The molecule has 0 fully saturated rings. The maximum absolute atomic E-state index is 5.57. The van der Waals surface area contributed by atoms with Gasteiger partial charge in [-0.3, -0.25) is 0 Å². The van der Waals surface area contributed by atoms with Crippen LogP contribution in [0.25, 0.3) is 0 Å². The van der Waals surface area contributed by atoms with E-state index in [1.54, 1.807) is 6.08 Å². The zero-order chi connectivity index (χ0) is 8.36. The molecular weight excluding hydrogens is 128 g/mol.